The largest absolute Gasteiger partial charge is 0.397 e. The maximum atomic E-state index is 12.9. The van der Waals surface area contributed by atoms with Crippen LogP contribution in [0.4, 0.5) is 5.69 Å². The Labute approximate surface area is 199 Å². The van der Waals surface area contributed by atoms with E-state index in [0.717, 1.165) is 48.2 Å². The van der Waals surface area contributed by atoms with Gasteiger partial charge in [0.15, 0.2) is 0 Å². The number of aromatic nitrogens is 3. The summed E-state index contributed by atoms with van der Waals surface area (Å²) in [6, 6.07) is 6.65. The van der Waals surface area contributed by atoms with Crippen LogP contribution in [0, 0.1) is 13.8 Å². The van der Waals surface area contributed by atoms with E-state index in [0.29, 0.717) is 28.0 Å². The summed E-state index contributed by atoms with van der Waals surface area (Å²) in [7, 11) is 0. The number of anilines is 1. The van der Waals surface area contributed by atoms with Gasteiger partial charge in [0.05, 0.1) is 16.6 Å². The van der Waals surface area contributed by atoms with Crippen molar-refractivity contribution in [2.24, 2.45) is 0 Å². The molecule has 4 aromatic rings. The minimum absolute atomic E-state index is 0.0819. The Bertz CT molecular complexity index is 1540. The molecule has 0 bridgehead atoms. The first-order chi connectivity index (χ1) is 16.3. The lowest BCUT2D eigenvalue weighted by Gasteiger charge is -2.11. The number of aryl methyl sites for hydroxylation is 3. The number of rotatable bonds is 2. The van der Waals surface area contributed by atoms with E-state index in [9.17, 15) is 14.4 Å². The number of thiophene rings is 1. The van der Waals surface area contributed by atoms with Crippen LogP contribution in [-0.2, 0) is 13.0 Å². The van der Waals surface area contributed by atoms with E-state index in [4.69, 9.17) is 5.73 Å². The molecule has 174 valence electrons. The lowest BCUT2D eigenvalue weighted by Crippen LogP contribution is -2.41. The minimum Gasteiger partial charge on any atom is -0.397 e. The van der Waals surface area contributed by atoms with Crippen molar-refractivity contribution in [3.63, 3.8) is 0 Å². The maximum Gasteiger partial charge on any atom is 0.281 e. The first kappa shape index (κ1) is 22.0. The molecular formula is C24H24N6O3S. The topological polar surface area (TPSA) is 132 Å². The van der Waals surface area contributed by atoms with E-state index < -0.39 is 11.8 Å². The summed E-state index contributed by atoms with van der Waals surface area (Å²) in [4.78, 5) is 48.4. The van der Waals surface area contributed by atoms with Crippen molar-refractivity contribution in [3.8, 4) is 0 Å². The molecule has 0 atom stereocenters. The third kappa shape index (κ3) is 3.79. The highest BCUT2D eigenvalue weighted by molar-refractivity contribution is 7.21. The second-order valence-corrected chi connectivity index (χ2v) is 9.54. The molecule has 0 spiro atoms. The van der Waals surface area contributed by atoms with E-state index >= 15 is 0 Å². The number of benzene rings is 1. The van der Waals surface area contributed by atoms with Crippen LogP contribution >= 0.6 is 11.3 Å². The predicted molar refractivity (Wildman–Crippen MR) is 132 cm³/mol. The van der Waals surface area contributed by atoms with Crippen molar-refractivity contribution in [2.45, 2.75) is 46.1 Å². The standard InChI is InChI=1S/C24H24N6O3S/c1-12-10-13(2)26-23-18(12)19(25)20(34-23)22(32)29-28-21(31)14-7-8-15-16(11-14)27-17-6-4-3-5-9-30(17)24(15)33/h7-8,10-11H,3-6,9,25H2,1-2H3,(H,28,31)(H,29,32). The zero-order chi connectivity index (χ0) is 24.0. The molecule has 9 nitrogen and oxygen atoms in total. The fourth-order valence-corrected chi connectivity index (χ4v) is 5.55. The van der Waals surface area contributed by atoms with Crippen LogP contribution in [0.25, 0.3) is 21.1 Å². The Morgan fingerprint density at radius 3 is 2.68 bits per heavy atom. The Balaban J connectivity index is 1.37. The van der Waals surface area contributed by atoms with E-state index in [1.54, 1.807) is 22.8 Å². The summed E-state index contributed by atoms with van der Waals surface area (Å²) in [5.74, 6) is -0.287. The van der Waals surface area contributed by atoms with Crippen LogP contribution < -0.4 is 22.1 Å². The van der Waals surface area contributed by atoms with Crippen molar-refractivity contribution in [1.82, 2.24) is 25.4 Å². The molecule has 5 rings (SSSR count). The van der Waals surface area contributed by atoms with Crippen LogP contribution in [0.15, 0.2) is 29.1 Å². The van der Waals surface area contributed by atoms with E-state index in [1.807, 2.05) is 19.9 Å². The number of pyridine rings is 1. The highest BCUT2D eigenvalue weighted by Gasteiger charge is 2.20. The smallest absolute Gasteiger partial charge is 0.281 e. The minimum atomic E-state index is -0.520. The number of nitrogen functional groups attached to an aromatic ring is 1. The Morgan fingerprint density at radius 2 is 1.85 bits per heavy atom. The van der Waals surface area contributed by atoms with Gasteiger partial charge in [-0.05, 0) is 56.5 Å². The molecule has 0 saturated carbocycles. The molecule has 0 aliphatic carbocycles. The van der Waals surface area contributed by atoms with Gasteiger partial charge >= 0.3 is 0 Å². The fraction of sp³-hybridized carbons (Fsp3) is 0.292. The van der Waals surface area contributed by atoms with Crippen molar-refractivity contribution >= 4 is 50.0 Å². The number of fused-ring (bicyclic) bond motifs is 3. The number of hydrazine groups is 1. The van der Waals surface area contributed by atoms with E-state index in [1.165, 1.54) is 11.3 Å². The molecule has 2 amide bonds. The summed E-state index contributed by atoms with van der Waals surface area (Å²) in [6.07, 6.45) is 3.74. The number of amides is 2. The highest BCUT2D eigenvalue weighted by atomic mass is 32.1. The summed E-state index contributed by atoms with van der Waals surface area (Å²) in [6.45, 7) is 4.47. The van der Waals surface area contributed by atoms with Gasteiger partial charge in [0.1, 0.15) is 15.5 Å². The van der Waals surface area contributed by atoms with Crippen molar-refractivity contribution in [3.05, 3.63) is 62.1 Å². The third-order valence-electron chi connectivity index (χ3n) is 6.10. The third-order valence-corrected chi connectivity index (χ3v) is 7.20. The second-order valence-electron chi connectivity index (χ2n) is 8.54. The number of nitrogens with zero attached hydrogens (tertiary/aromatic N) is 3. The zero-order valence-electron chi connectivity index (χ0n) is 18.9. The summed E-state index contributed by atoms with van der Waals surface area (Å²) in [5.41, 5.74) is 13.9. The lowest BCUT2D eigenvalue weighted by atomic mass is 10.1. The monoisotopic (exact) mass is 476 g/mol. The molecule has 0 radical (unpaired) electrons. The number of carbonyl (C=O) groups is 2. The van der Waals surface area contributed by atoms with Crippen molar-refractivity contribution in [1.29, 1.82) is 0 Å². The van der Waals surface area contributed by atoms with Gasteiger partial charge in [-0.1, -0.05) is 6.42 Å². The molecule has 34 heavy (non-hydrogen) atoms. The summed E-state index contributed by atoms with van der Waals surface area (Å²) in [5, 5.41) is 1.22. The van der Waals surface area contributed by atoms with Gasteiger partial charge in [-0.3, -0.25) is 29.8 Å². The molecule has 4 N–H and O–H groups in total. The molecule has 1 aromatic carbocycles. The van der Waals surface area contributed by atoms with Gasteiger partial charge in [-0.15, -0.1) is 11.3 Å². The molecule has 10 heteroatoms. The van der Waals surface area contributed by atoms with E-state index in [-0.39, 0.29) is 16.0 Å². The molecule has 0 saturated heterocycles. The number of hydrogen-bond acceptors (Lipinski definition) is 7. The molecule has 1 aliphatic rings. The van der Waals surface area contributed by atoms with Gasteiger partial charge in [0, 0.05) is 29.6 Å². The van der Waals surface area contributed by atoms with Gasteiger partial charge in [-0.2, -0.15) is 0 Å². The Kier molecular flexibility index (Phi) is 5.52. The fourth-order valence-electron chi connectivity index (χ4n) is 4.44. The SMILES string of the molecule is Cc1cc(C)c2c(N)c(C(=O)NNC(=O)c3ccc4c(=O)n5c(nc4c3)CCCCC5)sc2n1. The molecule has 4 heterocycles. The maximum absolute atomic E-state index is 12.9. The average molecular weight is 477 g/mol. The Hall–Kier alpha value is -3.79. The van der Waals surface area contributed by atoms with Gasteiger partial charge in [0.25, 0.3) is 17.4 Å². The number of hydrogen-bond donors (Lipinski definition) is 3. The number of nitrogens with one attached hydrogen (secondary N) is 2. The number of nitrogens with two attached hydrogens (primary N) is 1. The van der Waals surface area contributed by atoms with Gasteiger partial charge < -0.3 is 5.73 Å². The summed E-state index contributed by atoms with van der Waals surface area (Å²) >= 11 is 1.18. The van der Waals surface area contributed by atoms with Crippen LogP contribution in [-0.4, -0.2) is 26.3 Å². The predicted octanol–water partition coefficient (Wildman–Crippen LogP) is 3.01. The van der Waals surface area contributed by atoms with Gasteiger partial charge in [0.2, 0.25) is 0 Å². The van der Waals surface area contributed by atoms with Crippen LogP contribution in [0.3, 0.4) is 0 Å². The van der Waals surface area contributed by atoms with Crippen LogP contribution in [0.5, 0.6) is 0 Å². The number of carbonyl (C=O) groups excluding carboxylic acids is 2. The first-order valence-corrected chi connectivity index (χ1v) is 12.0. The van der Waals surface area contributed by atoms with Crippen LogP contribution in [0.1, 0.15) is 56.4 Å². The molecule has 1 aliphatic heterocycles. The van der Waals surface area contributed by atoms with E-state index in [2.05, 4.69) is 20.8 Å². The second kappa shape index (κ2) is 8.53. The molecule has 0 fully saturated rings. The Morgan fingerprint density at radius 1 is 1.06 bits per heavy atom. The first-order valence-electron chi connectivity index (χ1n) is 11.1. The normalized spacial score (nSPS) is 13.5. The quantitative estimate of drug-likeness (QED) is 0.381. The molecule has 3 aromatic heterocycles. The van der Waals surface area contributed by atoms with Crippen molar-refractivity contribution < 1.29 is 9.59 Å². The summed E-state index contributed by atoms with van der Waals surface area (Å²) < 4.78 is 1.74. The lowest BCUT2D eigenvalue weighted by molar-refractivity contribution is 0.0849. The molecular weight excluding hydrogens is 452 g/mol. The highest BCUT2D eigenvalue weighted by Crippen LogP contribution is 2.34. The average Bonchev–Trinajstić information content (AvgIpc) is 2.97. The zero-order valence-corrected chi connectivity index (χ0v) is 19.7. The van der Waals surface area contributed by atoms with Crippen molar-refractivity contribution in [2.75, 3.05) is 5.73 Å². The van der Waals surface area contributed by atoms with Gasteiger partial charge in [-0.25, -0.2) is 9.97 Å². The molecule has 0 unspecified atom stereocenters. The van der Waals surface area contributed by atoms with Crippen LogP contribution in [0.2, 0.25) is 0 Å².